The maximum absolute atomic E-state index is 5.86. The molecule has 2 unspecified atom stereocenters. The van der Waals surface area contributed by atoms with Crippen LogP contribution in [0.5, 0.6) is 5.75 Å². The Morgan fingerprint density at radius 2 is 1.96 bits per heavy atom. The highest BCUT2D eigenvalue weighted by molar-refractivity contribution is 5.38. The fraction of sp³-hybridized carbons (Fsp3) is 0.579. The molecule has 1 aromatic carbocycles. The van der Waals surface area contributed by atoms with E-state index in [1.165, 1.54) is 36.8 Å². The molecule has 1 N–H and O–H groups in total. The van der Waals surface area contributed by atoms with Gasteiger partial charge in [0.25, 0.3) is 5.89 Å². The number of nitrogens with zero attached hydrogens (tertiary/aromatic N) is 2. The Kier molecular flexibility index (Phi) is 3.55. The zero-order valence-electron chi connectivity index (χ0n) is 13.8. The molecule has 5 rings (SSSR count). The van der Waals surface area contributed by atoms with Crippen LogP contribution in [0, 0.1) is 0 Å². The molecule has 2 aromatic rings. The van der Waals surface area contributed by atoms with Crippen molar-refractivity contribution in [3.63, 3.8) is 0 Å². The number of aryl methyl sites for hydroxylation is 2. The standard InChI is InChI=1S/C19H23N3O2/c1-2-12-4-7-17(10-13(12)3-1)23-11-18-21-19(22-24-18)14-8-15-5-6-16(9-14)20-15/h4,7,10,14-16,20H,1-3,5-6,8-9,11H2. The quantitative estimate of drug-likeness (QED) is 0.936. The predicted octanol–water partition coefficient (Wildman–Crippen LogP) is 3.14. The monoisotopic (exact) mass is 325 g/mol. The normalized spacial score (nSPS) is 28.1. The molecule has 2 atom stereocenters. The van der Waals surface area contributed by atoms with E-state index in [-0.39, 0.29) is 0 Å². The lowest BCUT2D eigenvalue weighted by Gasteiger charge is -2.26. The lowest BCUT2D eigenvalue weighted by Crippen LogP contribution is -2.37. The van der Waals surface area contributed by atoms with E-state index in [2.05, 4.69) is 27.6 Å². The molecule has 1 aromatic heterocycles. The summed E-state index contributed by atoms with van der Waals surface area (Å²) in [5.74, 6) is 2.77. The molecule has 2 bridgehead atoms. The van der Waals surface area contributed by atoms with Gasteiger partial charge in [-0.3, -0.25) is 0 Å². The molecule has 24 heavy (non-hydrogen) atoms. The van der Waals surface area contributed by atoms with Gasteiger partial charge >= 0.3 is 0 Å². The second-order valence-electron chi connectivity index (χ2n) is 7.43. The van der Waals surface area contributed by atoms with Crippen LogP contribution in [0.4, 0.5) is 0 Å². The Bertz CT molecular complexity index is 730. The predicted molar refractivity (Wildman–Crippen MR) is 89.0 cm³/mol. The minimum Gasteiger partial charge on any atom is -0.484 e. The Morgan fingerprint density at radius 3 is 2.83 bits per heavy atom. The molecule has 5 heteroatoms. The van der Waals surface area contributed by atoms with Crippen molar-refractivity contribution in [1.82, 2.24) is 15.5 Å². The van der Waals surface area contributed by atoms with Gasteiger partial charge in [-0.15, -0.1) is 0 Å². The maximum atomic E-state index is 5.86. The van der Waals surface area contributed by atoms with Crippen molar-refractivity contribution in [3.8, 4) is 5.75 Å². The number of benzene rings is 1. The molecule has 0 saturated carbocycles. The van der Waals surface area contributed by atoms with E-state index in [0.717, 1.165) is 30.8 Å². The summed E-state index contributed by atoms with van der Waals surface area (Å²) in [7, 11) is 0. The number of ether oxygens (including phenoxy) is 1. The van der Waals surface area contributed by atoms with Crippen LogP contribution >= 0.6 is 0 Å². The van der Waals surface area contributed by atoms with Gasteiger partial charge in [-0.05, 0) is 68.2 Å². The Balaban J connectivity index is 1.23. The fourth-order valence-corrected chi connectivity index (χ4v) is 4.54. The van der Waals surface area contributed by atoms with Crippen LogP contribution in [0.3, 0.4) is 0 Å². The topological polar surface area (TPSA) is 60.2 Å². The van der Waals surface area contributed by atoms with Crippen LogP contribution < -0.4 is 10.1 Å². The van der Waals surface area contributed by atoms with Crippen molar-refractivity contribution in [2.24, 2.45) is 0 Å². The van der Waals surface area contributed by atoms with Crippen molar-refractivity contribution in [1.29, 1.82) is 0 Å². The molecule has 2 saturated heterocycles. The smallest absolute Gasteiger partial charge is 0.264 e. The zero-order valence-corrected chi connectivity index (χ0v) is 13.8. The van der Waals surface area contributed by atoms with Crippen LogP contribution in [0.15, 0.2) is 22.7 Å². The van der Waals surface area contributed by atoms with Crippen LogP contribution in [0.1, 0.15) is 60.9 Å². The van der Waals surface area contributed by atoms with Crippen LogP contribution in [-0.4, -0.2) is 22.2 Å². The summed E-state index contributed by atoms with van der Waals surface area (Å²) in [4.78, 5) is 4.59. The summed E-state index contributed by atoms with van der Waals surface area (Å²) in [6.07, 6.45) is 8.43. The molecule has 1 aliphatic carbocycles. The van der Waals surface area contributed by atoms with E-state index in [1.807, 2.05) is 6.07 Å². The van der Waals surface area contributed by atoms with Crippen molar-refractivity contribution in [3.05, 3.63) is 41.0 Å². The first kappa shape index (κ1) is 14.5. The highest BCUT2D eigenvalue weighted by Crippen LogP contribution is 2.36. The molecule has 2 aliphatic heterocycles. The summed E-state index contributed by atoms with van der Waals surface area (Å²) in [6, 6.07) is 7.66. The molecular formula is C19H23N3O2. The summed E-state index contributed by atoms with van der Waals surface area (Å²) in [5, 5.41) is 7.87. The first-order valence-electron chi connectivity index (χ1n) is 9.16. The van der Waals surface area contributed by atoms with Crippen molar-refractivity contribution in [2.75, 3.05) is 0 Å². The minimum absolute atomic E-state index is 0.351. The Labute approximate surface area is 141 Å². The van der Waals surface area contributed by atoms with Gasteiger partial charge in [-0.2, -0.15) is 4.98 Å². The van der Waals surface area contributed by atoms with Gasteiger partial charge in [0.1, 0.15) is 5.75 Å². The number of nitrogens with one attached hydrogen (secondary N) is 1. The van der Waals surface area contributed by atoms with E-state index in [9.17, 15) is 0 Å². The van der Waals surface area contributed by atoms with Crippen LogP contribution in [0.25, 0.3) is 0 Å². The molecular weight excluding hydrogens is 302 g/mol. The lowest BCUT2D eigenvalue weighted by atomic mass is 9.92. The Hall–Kier alpha value is -1.88. The second-order valence-corrected chi connectivity index (χ2v) is 7.43. The summed E-state index contributed by atoms with van der Waals surface area (Å²) < 4.78 is 11.3. The average Bonchev–Trinajstić information content (AvgIpc) is 3.32. The lowest BCUT2D eigenvalue weighted by molar-refractivity contribution is 0.241. The average molecular weight is 325 g/mol. The molecule has 3 heterocycles. The van der Waals surface area contributed by atoms with Gasteiger partial charge in [-0.1, -0.05) is 11.2 Å². The molecule has 0 radical (unpaired) electrons. The van der Waals surface area contributed by atoms with Gasteiger partial charge in [0.15, 0.2) is 12.4 Å². The molecule has 2 fully saturated rings. The first-order valence-corrected chi connectivity index (χ1v) is 9.16. The van der Waals surface area contributed by atoms with E-state index < -0.39 is 0 Å². The molecule has 0 spiro atoms. The zero-order chi connectivity index (χ0) is 15.9. The number of fused-ring (bicyclic) bond motifs is 3. The molecule has 126 valence electrons. The van der Waals surface area contributed by atoms with Gasteiger partial charge in [-0.25, -0.2) is 0 Å². The van der Waals surface area contributed by atoms with Gasteiger partial charge in [0.2, 0.25) is 0 Å². The van der Waals surface area contributed by atoms with E-state index in [0.29, 0.717) is 30.5 Å². The maximum Gasteiger partial charge on any atom is 0.264 e. The third-order valence-corrected chi connectivity index (χ3v) is 5.75. The summed E-state index contributed by atoms with van der Waals surface area (Å²) in [6.45, 7) is 0.351. The highest BCUT2D eigenvalue weighted by atomic mass is 16.5. The number of rotatable bonds is 4. The van der Waals surface area contributed by atoms with Crippen molar-refractivity contribution < 1.29 is 9.26 Å². The number of piperidine rings is 1. The van der Waals surface area contributed by atoms with E-state index in [4.69, 9.17) is 9.26 Å². The van der Waals surface area contributed by atoms with E-state index in [1.54, 1.807) is 0 Å². The van der Waals surface area contributed by atoms with Crippen LogP contribution in [0.2, 0.25) is 0 Å². The number of aromatic nitrogens is 2. The highest BCUT2D eigenvalue weighted by Gasteiger charge is 2.36. The van der Waals surface area contributed by atoms with Gasteiger partial charge < -0.3 is 14.6 Å². The van der Waals surface area contributed by atoms with Crippen LogP contribution in [-0.2, 0) is 19.4 Å². The largest absolute Gasteiger partial charge is 0.484 e. The third-order valence-electron chi connectivity index (χ3n) is 5.75. The third kappa shape index (κ3) is 2.71. The summed E-state index contributed by atoms with van der Waals surface area (Å²) >= 11 is 0. The first-order chi connectivity index (χ1) is 11.8. The fourth-order valence-electron chi connectivity index (χ4n) is 4.54. The van der Waals surface area contributed by atoms with Gasteiger partial charge in [0.05, 0.1) is 0 Å². The van der Waals surface area contributed by atoms with Gasteiger partial charge in [0, 0.05) is 18.0 Å². The molecule has 0 amide bonds. The molecule has 3 aliphatic rings. The van der Waals surface area contributed by atoms with E-state index >= 15 is 0 Å². The summed E-state index contributed by atoms with van der Waals surface area (Å²) in [5.41, 5.74) is 2.88. The van der Waals surface area contributed by atoms with Crippen molar-refractivity contribution in [2.45, 2.75) is 69.6 Å². The second kappa shape index (κ2) is 5.88. The minimum atomic E-state index is 0.351. The number of hydrogen-bond acceptors (Lipinski definition) is 5. The molecule has 5 nitrogen and oxygen atoms in total. The number of hydrogen-bond donors (Lipinski definition) is 1. The van der Waals surface area contributed by atoms with Crippen molar-refractivity contribution >= 4 is 0 Å². The SMILES string of the molecule is c1cc2c(cc1OCc1nc(C3CC4CCC(C3)N4)no1)CCC2. The Morgan fingerprint density at radius 1 is 1.12 bits per heavy atom.